The quantitative estimate of drug-likeness (QED) is 0.622. The molecule has 0 radical (unpaired) electrons. The van der Waals surface area contributed by atoms with Crippen molar-refractivity contribution in [2.75, 3.05) is 13.6 Å². The molecule has 0 aliphatic heterocycles. The summed E-state index contributed by atoms with van der Waals surface area (Å²) < 4.78 is 1.52. The number of aromatic nitrogens is 2. The molecule has 1 saturated carbocycles. The van der Waals surface area contributed by atoms with Gasteiger partial charge in [-0.1, -0.05) is 12.8 Å². The van der Waals surface area contributed by atoms with E-state index in [1.807, 2.05) is 0 Å². The third-order valence-corrected chi connectivity index (χ3v) is 3.88. The Morgan fingerprint density at radius 3 is 2.81 bits per heavy atom. The Balaban J connectivity index is 1.81. The van der Waals surface area contributed by atoms with Crippen LogP contribution in [-0.2, 0) is 11.3 Å². The van der Waals surface area contributed by atoms with Crippen LogP contribution in [0.25, 0.3) is 0 Å². The van der Waals surface area contributed by atoms with E-state index in [0.29, 0.717) is 13.1 Å². The smallest absolute Gasteiger partial charge is 0.381 e. The fourth-order valence-electron chi connectivity index (χ4n) is 2.70. The fourth-order valence-corrected chi connectivity index (χ4v) is 2.70. The Hall–Kier alpha value is -1.96. The maximum atomic E-state index is 12.0. The van der Waals surface area contributed by atoms with E-state index in [4.69, 9.17) is 0 Å². The molecule has 0 bridgehead atoms. The molecule has 0 atom stereocenters. The van der Waals surface area contributed by atoms with Crippen LogP contribution < -0.4 is 0 Å². The summed E-state index contributed by atoms with van der Waals surface area (Å²) in [4.78, 5) is 27.2. The lowest BCUT2D eigenvalue weighted by molar-refractivity contribution is -0.389. The summed E-state index contributed by atoms with van der Waals surface area (Å²) in [5, 5.41) is 20.8. The Bertz CT molecular complexity index is 522. The largest absolute Gasteiger partial charge is 0.388 e. The van der Waals surface area contributed by atoms with Gasteiger partial charge in [-0.25, -0.2) is 0 Å². The second kappa shape index (κ2) is 6.21. The molecule has 1 heterocycles. The number of nitro groups is 1. The van der Waals surface area contributed by atoms with E-state index in [9.17, 15) is 20.0 Å². The van der Waals surface area contributed by atoms with Crippen LogP contribution in [0.5, 0.6) is 0 Å². The lowest BCUT2D eigenvalue weighted by Gasteiger charge is -2.28. The normalized spacial score (nSPS) is 16.9. The molecular formula is C13H20N4O4. The molecule has 116 valence electrons. The van der Waals surface area contributed by atoms with Crippen LogP contribution in [-0.4, -0.2) is 49.6 Å². The van der Waals surface area contributed by atoms with Crippen LogP contribution in [0.4, 0.5) is 5.82 Å². The predicted molar refractivity (Wildman–Crippen MR) is 74.6 cm³/mol. The zero-order chi connectivity index (χ0) is 15.5. The SMILES string of the molecule is CN(CC1(O)CCCC1)C(=O)CCn1cnc([N+](=O)[O-])c1. The molecule has 0 spiro atoms. The molecule has 0 unspecified atom stereocenters. The van der Waals surface area contributed by atoms with E-state index in [0.717, 1.165) is 25.7 Å². The van der Waals surface area contributed by atoms with Crippen molar-refractivity contribution < 1.29 is 14.8 Å². The summed E-state index contributed by atoms with van der Waals surface area (Å²) in [5.41, 5.74) is -0.752. The van der Waals surface area contributed by atoms with Crippen LogP contribution in [0.15, 0.2) is 12.5 Å². The summed E-state index contributed by atoms with van der Waals surface area (Å²) in [6.45, 7) is 0.679. The summed E-state index contributed by atoms with van der Waals surface area (Å²) in [6.07, 6.45) is 6.33. The van der Waals surface area contributed by atoms with E-state index in [2.05, 4.69) is 4.98 Å². The molecule has 1 aliphatic rings. The molecule has 21 heavy (non-hydrogen) atoms. The maximum Gasteiger partial charge on any atom is 0.381 e. The monoisotopic (exact) mass is 296 g/mol. The van der Waals surface area contributed by atoms with Crippen molar-refractivity contribution in [3.8, 4) is 0 Å². The van der Waals surface area contributed by atoms with Crippen LogP contribution in [0.2, 0.25) is 0 Å². The van der Waals surface area contributed by atoms with Crippen LogP contribution >= 0.6 is 0 Å². The van der Waals surface area contributed by atoms with Crippen molar-refractivity contribution in [3.05, 3.63) is 22.6 Å². The Morgan fingerprint density at radius 2 is 2.24 bits per heavy atom. The molecule has 1 aromatic rings. The number of carbonyl (C=O) groups excluding carboxylic acids is 1. The lowest BCUT2D eigenvalue weighted by atomic mass is 10.0. The van der Waals surface area contributed by atoms with Crippen molar-refractivity contribution >= 4 is 11.7 Å². The number of hydrogen-bond donors (Lipinski definition) is 1. The highest BCUT2D eigenvalue weighted by Gasteiger charge is 2.33. The van der Waals surface area contributed by atoms with Gasteiger partial charge < -0.3 is 24.7 Å². The van der Waals surface area contributed by atoms with Gasteiger partial charge in [0.2, 0.25) is 12.2 Å². The van der Waals surface area contributed by atoms with Gasteiger partial charge in [-0.2, -0.15) is 0 Å². The molecule has 1 aliphatic carbocycles. The first-order valence-electron chi connectivity index (χ1n) is 7.02. The van der Waals surface area contributed by atoms with Crippen molar-refractivity contribution in [1.82, 2.24) is 14.5 Å². The van der Waals surface area contributed by atoms with E-state index in [1.165, 1.54) is 22.0 Å². The number of aliphatic hydroxyl groups is 1. The van der Waals surface area contributed by atoms with E-state index >= 15 is 0 Å². The summed E-state index contributed by atoms with van der Waals surface area (Å²) in [6, 6.07) is 0. The van der Waals surface area contributed by atoms with Crippen molar-refractivity contribution in [2.45, 2.75) is 44.2 Å². The number of amides is 1. The number of hydrogen-bond acceptors (Lipinski definition) is 5. The highest BCUT2D eigenvalue weighted by molar-refractivity contribution is 5.75. The van der Waals surface area contributed by atoms with Gasteiger partial charge in [-0.15, -0.1) is 0 Å². The molecule has 2 rings (SSSR count). The third kappa shape index (κ3) is 4.01. The Labute approximate surface area is 122 Å². The molecule has 1 fully saturated rings. The molecule has 8 nitrogen and oxygen atoms in total. The zero-order valence-electron chi connectivity index (χ0n) is 12.1. The number of aryl methyl sites for hydroxylation is 1. The standard InChI is InChI=1S/C13H20N4O4/c1-15(9-13(19)5-2-3-6-13)12(18)4-7-16-8-11(14-10-16)17(20)21/h8,10,19H,2-7,9H2,1H3. The van der Waals surface area contributed by atoms with Crippen LogP contribution in [0.1, 0.15) is 32.1 Å². The summed E-state index contributed by atoms with van der Waals surface area (Å²) >= 11 is 0. The van der Waals surface area contributed by atoms with Gasteiger partial charge in [0.1, 0.15) is 6.20 Å². The minimum Gasteiger partial charge on any atom is -0.388 e. The van der Waals surface area contributed by atoms with Gasteiger partial charge in [0.25, 0.3) is 0 Å². The minimum atomic E-state index is -0.752. The van der Waals surface area contributed by atoms with E-state index in [1.54, 1.807) is 7.05 Å². The average Bonchev–Trinajstić information content (AvgIpc) is 3.05. The number of carbonyl (C=O) groups is 1. The van der Waals surface area contributed by atoms with Gasteiger partial charge in [0, 0.05) is 26.6 Å². The zero-order valence-corrected chi connectivity index (χ0v) is 12.1. The number of imidazole rings is 1. The van der Waals surface area contributed by atoms with E-state index in [-0.39, 0.29) is 18.1 Å². The second-order valence-electron chi connectivity index (χ2n) is 5.66. The van der Waals surface area contributed by atoms with Crippen LogP contribution in [0.3, 0.4) is 0 Å². The second-order valence-corrected chi connectivity index (χ2v) is 5.66. The summed E-state index contributed by atoms with van der Waals surface area (Å²) in [5.74, 6) is -0.317. The molecule has 0 aromatic carbocycles. The van der Waals surface area contributed by atoms with Gasteiger partial charge in [0.15, 0.2) is 0 Å². The van der Waals surface area contributed by atoms with Crippen molar-refractivity contribution in [3.63, 3.8) is 0 Å². The van der Waals surface area contributed by atoms with Gasteiger partial charge in [0.05, 0.1) is 5.60 Å². The molecule has 0 saturated heterocycles. The van der Waals surface area contributed by atoms with Crippen molar-refractivity contribution in [1.29, 1.82) is 0 Å². The first-order chi connectivity index (χ1) is 9.89. The molecule has 8 heteroatoms. The maximum absolute atomic E-state index is 12.0. The predicted octanol–water partition coefficient (Wildman–Crippen LogP) is 0.945. The van der Waals surface area contributed by atoms with Gasteiger partial charge in [-0.3, -0.25) is 4.79 Å². The highest BCUT2D eigenvalue weighted by atomic mass is 16.6. The number of likely N-dealkylation sites (N-methyl/N-ethyl adjacent to an activating group) is 1. The van der Waals surface area contributed by atoms with Crippen LogP contribution in [0, 0.1) is 10.1 Å². The fraction of sp³-hybridized carbons (Fsp3) is 0.692. The molecule has 1 amide bonds. The first kappa shape index (κ1) is 15.4. The average molecular weight is 296 g/mol. The highest BCUT2D eigenvalue weighted by Crippen LogP contribution is 2.30. The first-order valence-corrected chi connectivity index (χ1v) is 7.02. The number of nitrogens with zero attached hydrogens (tertiary/aromatic N) is 4. The molecule has 1 N–H and O–H groups in total. The Kier molecular flexibility index (Phi) is 4.56. The minimum absolute atomic E-state index is 0.0910. The lowest BCUT2D eigenvalue weighted by Crippen LogP contribution is -2.42. The molecule has 1 aromatic heterocycles. The Morgan fingerprint density at radius 1 is 1.57 bits per heavy atom. The summed E-state index contributed by atoms with van der Waals surface area (Å²) in [7, 11) is 1.68. The van der Waals surface area contributed by atoms with Gasteiger partial charge in [-0.05, 0) is 22.7 Å². The number of rotatable bonds is 6. The van der Waals surface area contributed by atoms with Gasteiger partial charge >= 0.3 is 5.82 Å². The van der Waals surface area contributed by atoms with E-state index < -0.39 is 10.5 Å². The molecular weight excluding hydrogens is 276 g/mol. The topological polar surface area (TPSA) is 102 Å². The van der Waals surface area contributed by atoms with Crippen molar-refractivity contribution in [2.24, 2.45) is 0 Å². The third-order valence-electron chi connectivity index (χ3n) is 3.88.